The number of likely N-dealkylation sites (N-methyl/N-ethyl adjacent to an activating group) is 1. The number of carbonyl (C=O) groups excluding carboxylic acids is 1. The van der Waals surface area contributed by atoms with E-state index in [1.807, 2.05) is 24.1 Å². The number of nitrogens with one attached hydrogen (secondary N) is 1. The van der Waals surface area contributed by atoms with Crippen LogP contribution >= 0.6 is 0 Å². The van der Waals surface area contributed by atoms with Crippen LogP contribution in [0.2, 0.25) is 0 Å². The van der Waals surface area contributed by atoms with Gasteiger partial charge in [-0.3, -0.25) is 4.79 Å². The predicted molar refractivity (Wildman–Crippen MR) is 87.7 cm³/mol. The van der Waals surface area contributed by atoms with E-state index in [-0.39, 0.29) is 12.2 Å². The number of rotatable bonds is 6. The first-order valence-corrected chi connectivity index (χ1v) is 7.12. The fourth-order valence-corrected chi connectivity index (χ4v) is 2.08. The molecule has 0 aliphatic rings. The highest BCUT2D eigenvalue weighted by Crippen LogP contribution is 2.20. The number of hydrogen-bond acceptors (Lipinski definition) is 4. The van der Waals surface area contributed by atoms with Gasteiger partial charge < -0.3 is 20.1 Å². The van der Waals surface area contributed by atoms with Gasteiger partial charge in [-0.05, 0) is 36.4 Å². The van der Waals surface area contributed by atoms with Gasteiger partial charge in [0.2, 0.25) is 0 Å². The van der Waals surface area contributed by atoms with E-state index in [9.17, 15) is 9.18 Å². The number of nitrogens with zero attached hydrogens (tertiary/aromatic N) is 1. The topological polar surface area (TPSA) is 61.8 Å². The maximum atomic E-state index is 13.9. The number of halogens is 1. The van der Waals surface area contributed by atoms with Crippen molar-refractivity contribution in [1.29, 1.82) is 0 Å². The SMILES string of the molecule is COc1ccc(C(=O)Nc2ccc(N(C)CCO)cc2)c(F)c1. The zero-order chi connectivity index (χ0) is 16.8. The summed E-state index contributed by atoms with van der Waals surface area (Å²) in [6.07, 6.45) is 0. The Bertz CT molecular complexity index is 674. The largest absolute Gasteiger partial charge is 0.497 e. The van der Waals surface area contributed by atoms with E-state index < -0.39 is 11.7 Å². The molecule has 2 N–H and O–H groups in total. The normalized spacial score (nSPS) is 10.3. The molecule has 0 fully saturated rings. The Kier molecular flexibility index (Phi) is 5.54. The van der Waals surface area contributed by atoms with Crippen LogP contribution in [0, 0.1) is 5.82 Å². The first-order valence-electron chi connectivity index (χ1n) is 7.12. The molecule has 122 valence electrons. The highest BCUT2D eigenvalue weighted by atomic mass is 19.1. The van der Waals surface area contributed by atoms with E-state index in [0.717, 1.165) is 5.69 Å². The molecule has 0 spiro atoms. The van der Waals surface area contributed by atoms with Gasteiger partial charge in [0.15, 0.2) is 0 Å². The molecule has 0 saturated carbocycles. The average Bonchev–Trinajstić information content (AvgIpc) is 2.55. The molecule has 0 aliphatic carbocycles. The van der Waals surface area contributed by atoms with Crippen molar-refractivity contribution in [3.05, 3.63) is 53.8 Å². The Morgan fingerprint density at radius 3 is 2.52 bits per heavy atom. The van der Waals surface area contributed by atoms with Gasteiger partial charge in [0.05, 0.1) is 19.3 Å². The molecule has 0 radical (unpaired) electrons. The van der Waals surface area contributed by atoms with E-state index in [4.69, 9.17) is 9.84 Å². The number of aliphatic hydroxyl groups is 1. The number of methoxy groups -OCH3 is 1. The number of ether oxygens (including phenoxy) is 1. The average molecular weight is 318 g/mol. The van der Waals surface area contributed by atoms with Gasteiger partial charge in [-0.2, -0.15) is 0 Å². The number of aliphatic hydroxyl groups excluding tert-OH is 1. The molecule has 0 bridgehead atoms. The zero-order valence-corrected chi connectivity index (χ0v) is 13.0. The number of benzene rings is 2. The molecule has 0 aliphatic heterocycles. The maximum Gasteiger partial charge on any atom is 0.258 e. The van der Waals surface area contributed by atoms with Crippen LogP contribution in [0.1, 0.15) is 10.4 Å². The van der Waals surface area contributed by atoms with Gasteiger partial charge in [0.1, 0.15) is 11.6 Å². The molecular formula is C17H19FN2O3. The molecule has 2 rings (SSSR count). The van der Waals surface area contributed by atoms with Gasteiger partial charge in [-0.1, -0.05) is 0 Å². The summed E-state index contributed by atoms with van der Waals surface area (Å²) in [5.41, 5.74) is 1.42. The Hall–Kier alpha value is -2.60. The van der Waals surface area contributed by atoms with Crippen molar-refractivity contribution in [2.24, 2.45) is 0 Å². The lowest BCUT2D eigenvalue weighted by atomic mass is 10.2. The van der Waals surface area contributed by atoms with Crippen molar-refractivity contribution >= 4 is 17.3 Å². The highest BCUT2D eigenvalue weighted by Gasteiger charge is 2.13. The van der Waals surface area contributed by atoms with Gasteiger partial charge in [0.25, 0.3) is 5.91 Å². The summed E-state index contributed by atoms with van der Waals surface area (Å²) in [5.74, 6) is -0.807. The van der Waals surface area contributed by atoms with Crippen LogP contribution in [0.15, 0.2) is 42.5 Å². The van der Waals surface area contributed by atoms with Crippen molar-refractivity contribution in [1.82, 2.24) is 0 Å². The number of anilines is 2. The molecule has 0 aromatic heterocycles. The summed E-state index contributed by atoms with van der Waals surface area (Å²) in [7, 11) is 3.29. The molecule has 0 unspecified atom stereocenters. The first kappa shape index (κ1) is 16.8. The fourth-order valence-electron chi connectivity index (χ4n) is 2.08. The zero-order valence-electron chi connectivity index (χ0n) is 13.0. The highest BCUT2D eigenvalue weighted by molar-refractivity contribution is 6.04. The molecular weight excluding hydrogens is 299 g/mol. The van der Waals surface area contributed by atoms with Crippen LogP contribution in [0.3, 0.4) is 0 Å². The molecule has 1 amide bonds. The molecule has 0 saturated heterocycles. The van der Waals surface area contributed by atoms with Crippen molar-refractivity contribution in [2.45, 2.75) is 0 Å². The second-order valence-corrected chi connectivity index (χ2v) is 4.99. The second kappa shape index (κ2) is 7.60. The Balaban J connectivity index is 2.08. The third kappa shape index (κ3) is 4.20. The third-order valence-electron chi connectivity index (χ3n) is 3.42. The minimum absolute atomic E-state index is 0.0488. The lowest BCUT2D eigenvalue weighted by Gasteiger charge is -2.18. The van der Waals surface area contributed by atoms with Crippen molar-refractivity contribution < 1.29 is 19.0 Å². The van der Waals surface area contributed by atoms with Crippen molar-refractivity contribution in [2.75, 3.05) is 37.5 Å². The Morgan fingerprint density at radius 1 is 1.26 bits per heavy atom. The molecule has 5 nitrogen and oxygen atoms in total. The minimum atomic E-state index is -0.638. The summed E-state index contributed by atoms with van der Waals surface area (Å²) < 4.78 is 18.8. The summed E-state index contributed by atoms with van der Waals surface area (Å²) in [5, 5.41) is 11.6. The lowest BCUT2D eigenvalue weighted by Crippen LogP contribution is -2.21. The van der Waals surface area contributed by atoms with E-state index in [1.54, 1.807) is 12.1 Å². The predicted octanol–water partition coefficient (Wildman–Crippen LogP) is 2.52. The van der Waals surface area contributed by atoms with Gasteiger partial charge in [-0.15, -0.1) is 0 Å². The van der Waals surface area contributed by atoms with E-state index in [2.05, 4.69) is 5.32 Å². The van der Waals surface area contributed by atoms with Gasteiger partial charge in [-0.25, -0.2) is 4.39 Å². The maximum absolute atomic E-state index is 13.9. The number of carbonyl (C=O) groups is 1. The Morgan fingerprint density at radius 2 is 1.96 bits per heavy atom. The summed E-state index contributed by atoms with van der Waals surface area (Å²) in [6.45, 7) is 0.578. The number of hydrogen-bond donors (Lipinski definition) is 2. The van der Waals surface area contributed by atoms with Crippen molar-refractivity contribution in [3.8, 4) is 5.75 Å². The lowest BCUT2D eigenvalue weighted by molar-refractivity contribution is 0.102. The standard InChI is InChI=1S/C17H19FN2O3/c1-20(9-10-21)13-5-3-12(4-6-13)19-17(22)15-8-7-14(23-2)11-16(15)18/h3-8,11,21H,9-10H2,1-2H3,(H,19,22). The number of amides is 1. The Labute approximate surface area is 134 Å². The van der Waals surface area contributed by atoms with Crippen LogP contribution in [0.4, 0.5) is 15.8 Å². The monoisotopic (exact) mass is 318 g/mol. The van der Waals surface area contributed by atoms with Crippen LogP contribution in [0.5, 0.6) is 5.75 Å². The molecule has 2 aromatic rings. The van der Waals surface area contributed by atoms with E-state index in [1.165, 1.54) is 25.3 Å². The summed E-state index contributed by atoms with van der Waals surface area (Å²) >= 11 is 0. The molecule has 6 heteroatoms. The van der Waals surface area contributed by atoms with E-state index in [0.29, 0.717) is 18.0 Å². The third-order valence-corrected chi connectivity index (χ3v) is 3.42. The van der Waals surface area contributed by atoms with Crippen LogP contribution in [-0.2, 0) is 0 Å². The molecule has 0 atom stereocenters. The van der Waals surface area contributed by atoms with E-state index >= 15 is 0 Å². The van der Waals surface area contributed by atoms with Gasteiger partial charge >= 0.3 is 0 Å². The second-order valence-electron chi connectivity index (χ2n) is 4.99. The first-order chi connectivity index (χ1) is 11.0. The van der Waals surface area contributed by atoms with Crippen LogP contribution in [0.25, 0.3) is 0 Å². The smallest absolute Gasteiger partial charge is 0.258 e. The molecule has 0 heterocycles. The van der Waals surface area contributed by atoms with Crippen molar-refractivity contribution in [3.63, 3.8) is 0 Å². The molecule has 2 aromatic carbocycles. The van der Waals surface area contributed by atoms with Crippen LogP contribution in [-0.4, -0.2) is 38.3 Å². The van der Waals surface area contributed by atoms with Crippen LogP contribution < -0.4 is 15.0 Å². The van der Waals surface area contributed by atoms with Gasteiger partial charge in [0, 0.05) is 31.0 Å². The molecule has 23 heavy (non-hydrogen) atoms. The summed E-state index contributed by atoms with van der Waals surface area (Å²) in [4.78, 5) is 14.0. The quantitative estimate of drug-likeness (QED) is 0.859. The minimum Gasteiger partial charge on any atom is -0.497 e. The fraction of sp³-hybridized carbons (Fsp3) is 0.235. The summed E-state index contributed by atoms with van der Waals surface area (Å²) in [6, 6.07) is 11.2.